The van der Waals surface area contributed by atoms with Crippen LogP contribution in [0.5, 0.6) is 0 Å². The van der Waals surface area contributed by atoms with Crippen LogP contribution in [0.25, 0.3) is 5.57 Å². The van der Waals surface area contributed by atoms with Crippen LogP contribution in [0, 0.1) is 17.2 Å². The van der Waals surface area contributed by atoms with Crippen LogP contribution >= 0.6 is 0 Å². The van der Waals surface area contributed by atoms with E-state index in [1.165, 1.54) is 12.1 Å². The fourth-order valence-electron chi connectivity index (χ4n) is 4.19. The molecule has 2 amide bonds. The van der Waals surface area contributed by atoms with Crippen molar-refractivity contribution in [2.75, 3.05) is 32.8 Å². The van der Waals surface area contributed by atoms with Gasteiger partial charge in [-0.15, -0.1) is 0 Å². The second-order valence-corrected chi connectivity index (χ2v) is 7.88. The van der Waals surface area contributed by atoms with Crippen molar-refractivity contribution in [1.29, 1.82) is 5.26 Å². The smallest absolute Gasteiger partial charge is 0.396 e. The van der Waals surface area contributed by atoms with Gasteiger partial charge < -0.3 is 14.9 Å². The molecule has 2 heterocycles. The number of carbonyl (C=O) groups is 1. The van der Waals surface area contributed by atoms with Crippen molar-refractivity contribution in [1.82, 2.24) is 9.80 Å². The van der Waals surface area contributed by atoms with E-state index in [-0.39, 0.29) is 12.6 Å². The Hall–Kier alpha value is -2.53. The topological polar surface area (TPSA) is 67.6 Å². The number of likely N-dealkylation sites (tertiary alicyclic amines) is 2. The normalized spacial score (nSPS) is 18.3. The van der Waals surface area contributed by atoms with Crippen molar-refractivity contribution in [3.63, 3.8) is 0 Å². The van der Waals surface area contributed by atoms with Gasteiger partial charge in [-0.3, -0.25) is 0 Å². The third-order valence-corrected chi connectivity index (χ3v) is 6.03. The maximum Gasteiger partial charge on any atom is 0.416 e. The van der Waals surface area contributed by atoms with E-state index < -0.39 is 11.7 Å². The van der Waals surface area contributed by atoms with Crippen molar-refractivity contribution in [2.24, 2.45) is 5.92 Å². The highest BCUT2D eigenvalue weighted by Gasteiger charge is 2.31. The van der Waals surface area contributed by atoms with E-state index in [0.717, 1.165) is 37.0 Å². The van der Waals surface area contributed by atoms with E-state index in [4.69, 9.17) is 5.11 Å². The molecule has 2 aliphatic heterocycles. The van der Waals surface area contributed by atoms with Crippen LogP contribution in [0.15, 0.2) is 29.8 Å². The molecule has 8 heteroatoms. The SMILES string of the molecule is N#CC(=C1CCN(C(=O)N2CCC(CCO)CC2)CC1)c1ccc(C(F)(F)F)cc1. The zero-order valence-electron chi connectivity index (χ0n) is 16.8. The number of aliphatic hydroxyl groups is 1. The molecule has 2 aliphatic rings. The largest absolute Gasteiger partial charge is 0.416 e. The van der Waals surface area contributed by atoms with Gasteiger partial charge in [-0.1, -0.05) is 12.1 Å². The number of halogens is 3. The molecule has 0 atom stereocenters. The van der Waals surface area contributed by atoms with E-state index in [1.807, 2.05) is 4.90 Å². The van der Waals surface area contributed by atoms with Crippen molar-refractivity contribution < 1.29 is 23.1 Å². The summed E-state index contributed by atoms with van der Waals surface area (Å²) in [5.41, 5.74) is 1.02. The number of carbonyl (C=O) groups excluding carboxylic acids is 1. The lowest BCUT2D eigenvalue weighted by Gasteiger charge is -2.37. The zero-order chi connectivity index (χ0) is 21.7. The fourth-order valence-corrected chi connectivity index (χ4v) is 4.19. The lowest BCUT2D eigenvalue weighted by atomic mass is 9.93. The number of amides is 2. The Morgan fingerprint density at radius 3 is 2.13 bits per heavy atom. The van der Waals surface area contributed by atoms with Crippen LogP contribution in [-0.2, 0) is 6.18 Å². The molecule has 0 bridgehead atoms. The molecule has 30 heavy (non-hydrogen) atoms. The number of hydrogen-bond acceptors (Lipinski definition) is 3. The third-order valence-electron chi connectivity index (χ3n) is 6.03. The Morgan fingerprint density at radius 2 is 1.63 bits per heavy atom. The minimum Gasteiger partial charge on any atom is -0.396 e. The highest BCUT2D eigenvalue weighted by molar-refractivity contribution is 5.80. The summed E-state index contributed by atoms with van der Waals surface area (Å²) >= 11 is 0. The lowest BCUT2D eigenvalue weighted by Crippen LogP contribution is -2.48. The minimum absolute atomic E-state index is 0.00420. The van der Waals surface area contributed by atoms with Crippen LogP contribution in [-0.4, -0.2) is 53.7 Å². The molecular weight excluding hydrogens is 395 g/mol. The fraction of sp³-hybridized carbons (Fsp3) is 0.545. The summed E-state index contributed by atoms with van der Waals surface area (Å²) in [6, 6.07) is 6.80. The van der Waals surface area contributed by atoms with Gasteiger partial charge in [0.05, 0.1) is 17.2 Å². The number of benzene rings is 1. The number of urea groups is 1. The van der Waals surface area contributed by atoms with Crippen molar-refractivity contribution in [3.05, 3.63) is 41.0 Å². The van der Waals surface area contributed by atoms with Crippen molar-refractivity contribution in [3.8, 4) is 6.07 Å². The van der Waals surface area contributed by atoms with E-state index in [9.17, 15) is 23.2 Å². The minimum atomic E-state index is -4.41. The molecule has 1 aromatic rings. The quantitative estimate of drug-likeness (QED) is 0.741. The van der Waals surface area contributed by atoms with Crippen molar-refractivity contribution >= 4 is 11.6 Å². The second kappa shape index (κ2) is 9.52. The van der Waals surface area contributed by atoms with Gasteiger partial charge in [0, 0.05) is 32.8 Å². The molecule has 0 aromatic heterocycles. The molecule has 2 saturated heterocycles. The summed E-state index contributed by atoms with van der Waals surface area (Å²) in [6.45, 7) is 2.56. The molecular formula is C22H26F3N3O2. The summed E-state index contributed by atoms with van der Waals surface area (Å²) in [7, 11) is 0. The molecule has 1 N–H and O–H groups in total. The molecule has 0 radical (unpaired) electrons. The molecule has 2 fully saturated rings. The first kappa shape index (κ1) is 22.2. The molecule has 162 valence electrons. The van der Waals surface area contributed by atoms with Crippen LogP contribution in [0.1, 0.15) is 43.2 Å². The molecule has 0 spiro atoms. The Morgan fingerprint density at radius 1 is 1.07 bits per heavy atom. The van der Waals surface area contributed by atoms with Crippen LogP contribution < -0.4 is 0 Å². The number of allylic oxidation sites excluding steroid dienone is 1. The maximum atomic E-state index is 12.8. The van der Waals surface area contributed by atoms with E-state index in [1.54, 1.807) is 4.90 Å². The summed E-state index contributed by atoms with van der Waals surface area (Å²) in [4.78, 5) is 16.4. The first-order valence-corrected chi connectivity index (χ1v) is 10.3. The second-order valence-electron chi connectivity index (χ2n) is 7.88. The van der Waals surface area contributed by atoms with Gasteiger partial charge in [0.2, 0.25) is 0 Å². The standard InChI is InChI=1S/C22H26F3N3O2/c23-22(24,25)19-3-1-17(2-4-19)20(15-26)18-7-12-28(13-8-18)21(30)27-10-5-16(6-11-27)9-14-29/h1-4,16,29H,5-14H2. The van der Waals surface area contributed by atoms with Gasteiger partial charge in [0.15, 0.2) is 0 Å². The number of piperidine rings is 2. The molecule has 3 rings (SSSR count). The maximum absolute atomic E-state index is 12.8. The highest BCUT2D eigenvalue weighted by Crippen LogP contribution is 2.32. The van der Waals surface area contributed by atoms with Gasteiger partial charge in [-0.05, 0) is 61.3 Å². The van der Waals surface area contributed by atoms with E-state index >= 15 is 0 Å². The number of aliphatic hydroxyl groups excluding tert-OH is 1. The molecule has 1 aromatic carbocycles. The Balaban J connectivity index is 1.61. The van der Waals surface area contributed by atoms with Crippen LogP contribution in [0.4, 0.5) is 18.0 Å². The molecule has 0 aliphatic carbocycles. The van der Waals surface area contributed by atoms with Gasteiger partial charge >= 0.3 is 12.2 Å². The molecule has 0 unspecified atom stereocenters. The average Bonchev–Trinajstić information content (AvgIpc) is 2.75. The predicted molar refractivity (Wildman–Crippen MR) is 106 cm³/mol. The Labute approximate surface area is 174 Å². The van der Waals surface area contributed by atoms with E-state index in [2.05, 4.69) is 6.07 Å². The monoisotopic (exact) mass is 421 g/mol. The Kier molecular flexibility index (Phi) is 7.03. The molecule has 5 nitrogen and oxygen atoms in total. The summed E-state index contributed by atoms with van der Waals surface area (Å²) in [6.07, 6.45) is -0.750. The highest BCUT2D eigenvalue weighted by atomic mass is 19.4. The zero-order valence-corrected chi connectivity index (χ0v) is 16.8. The summed E-state index contributed by atoms with van der Waals surface area (Å²) in [5, 5.41) is 18.6. The number of alkyl halides is 3. The van der Waals surface area contributed by atoms with Gasteiger partial charge in [0.25, 0.3) is 0 Å². The van der Waals surface area contributed by atoms with Gasteiger partial charge in [-0.25, -0.2) is 4.79 Å². The average molecular weight is 421 g/mol. The first-order valence-electron chi connectivity index (χ1n) is 10.3. The number of nitriles is 1. The Bertz CT molecular complexity index is 810. The summed E-state index contributed by atoms with van der Waals surface area (Å²) in [5.74, 6) is 0.469. The van der Waals surface area contributed by atoms with Gasteiger partial charge in [0.1, 0.15) is 0 Å². The number of nitrogens with zero attached hydrogens (tertiary/aromatic N) is 3. The summed E-state index contributed by atoms with van der Waals surface area (Å²) < 4.78 is 38.3. The van der Waals surface area contributed by atoms with E-state index in [0.29, 0.717) is 56.1 Å². The first-order chi connectivity index (χ1) is 14.3. The number of rotatable bonds is 3. The van der Waals surface area contributed by atoms with Crippen molar-refractivity contribution in [2.45, 2.75) is 38.3 Å². The third kappa shape index (κ3) is 5.14. The number of hydrogen-bond donors (Lipinski definition) is 1. The van der Waals surface area contributed by atoms with Gasteiger partial charge in [-0.2, -0.15) is 18.4 Å². The van der Waals surface area contributed by atoms with Crippen LogP contribution in [0.2, 0.25) is 0 Å². The lowest BCUT2D eigenvalue weighted by molar-refractivity contribution is -0.137. The predicted octanol–water partition coefficient (Wildman–Crippen LogP) is 4.29. The van der Waals surface area contributed by atoms with Crippen LogP contribution in [0.3, 0.4) is 0 Å². The molecule has 0 saturated carbocycles.